The summed E-state index contributed by atoms with van der Waals surface area (Å²) in [5, 5.41) is 11.4. The lowest BCUT2D eigenvalue weighted by atomic mass is 10.1. The number of esters is 1. The SMILES string of the molecule is COC(=O)c1ccc(CNC(=O)COc2ccc(C#N)cc2)cc1. The Balaban J connectivity index is 1.78. The van der Waals surface area contributed by atoms with Crippen LogP contribution in [0.4, 0.5) is 0 Å². The topological polar surface area (TPSA) is 88.4 Å². The van der Waals surface area contributed by atoms with Crippen molar-refractivity contribution in [3.05, 3.63) is 65.2 Å². The van der Waals surface area contributed by atoms with Crippen molar-refractivity contribution in [2.45, 2.75) is 6.54 Å². The summed E-state index contributed by atoms with van der Waals surface area (Å²) in [6, 6.07) is 15.3. The van der Waals surface area contributed by atoms with Gasteiger partial charge in [0.1, 0.15) is 5.75 Å². The quantitative estimate of drug-likeness (QED) is 0.822. The van der Waals surface area contributed by atoms with E-state index in [1.807, 2.05) is 6.07 Å². The van der Waals surface area contributed by atoms with E-state index in [1.165, 1.54) is 7.11 Å². The number of nitriles is 1. The largest absolute Gasteiger partial charge is 0.484 e. The second-order valence-electron chi connectivity index (χ2n) is 4.89. The van der Waals surface area contributed by atoms with Gasteiger partial charge in [-0.05, 0) is 42.0 Å². The van der Waals surface area contributed by atoms with Gasteiger partial charge >= 0.3 is 5.97 Å². The number of carbonyl (C=O) groups excluding carboxylic acids is 2. The molecule has 2 aromatic rings. The fourth-order valence-corrected chi connectivity index (χ4v) is 1.90. The Hall–Kier alpha value is -3.33. The maximum Gasteiger partial charge on any atom is 0.337 e. The van der Waals surface area contributed by atoms with Crippen molar-refractivity contribution in [2.75, 3.05) is 13.7 Å². The highest BCUT2D eigenvalue weighted by Gasteiger charge is 2.06. The number of rotatable bonds is 6. The number of amides is 1. The molecule has 0 aliphatic heterocycles. The molecule has 0 spiro atoms. The smallest absolute Gasteiger partial charge is 0.337 e. The summed E-state index contributed by atoms with van der Waals surface area (Å²) in [6.07, 6.45) is 0. The zero-order chi connectivity index (χ0) is 17.4. The van der Waals surface area contributed by atoms with Crippen LogP contribution in [-0.2, 0) is 16.1 Å². The number of methoxy groups -OCH3 is 1. The van der Waals surface area contributed by atoms with Gasteiger partial charge in [-0.1, -0.05) is 12.1 Å². The first kappa shape index (κ1) is 17.0. The van der Waals surface area contributed by atoms with E-state index in [4.69, 9.17) is 10.00 Å². The highest BCUT2D eigenvalue weighted by molar-refractivity contribution is 5.89. The summed E-state index contributed by atoms with van der Waals surface area (Å²) in [5.41, 5.74) is 1.84. The molecule has 0 fully saturated rings. The monoisotopic (exact) mass is 324 g/mol. The molecular weight excluding hydrogens is 308 g/mol. The Morgan fingerprint density at radius 1 is 1.08 bits per heavy atom. The molecule has 0 aliphatic carbocycles. The second kappa shape index (κ2) is 8.34. The predicted octanol–water partition coefficient (Wildman–Crippen LogP) is 2.04. The third-order valence-corrected chi connectivity index (χ3v) is 3.22. The summed E-state index contributed by atoms with van der Waals surface area (Å²) in [6.45, 7) is 0.211. The summed E-state index contributed by atoms with van der Waals surface area (Å²) in [5.74, 6) is -0.149. The van der Waals surface area contributed by atoms with Gasteiger partial charge in [0.25, 0.3) is 5.91 Å². The minimum Gasteiger partial charge on any atom is -0.484 e. The third kappa shape index (κ3) is 4.85. The molecule has 1 N–H and O–H groups in total. The Bertz CT molecular complexity index is 746. The zero-order valence-electron chi connectivity index (χ0n) is 13.1. The summed E-state index contributed by atoms with van der Waals surface area (Å²) in [7, 11) is 1.32. The second-order valence-corrected chi connectivity index (χ2v) is 4.89. The molecule has 0 bridgehead atoms. The molecule has 2 aromatic carbocycles. The molecular formula is C18H16N2O4. The summed E-state index contributed by atoms with van der Waals surface area (Å²) >= 11 is 0. The Morgan fingerprint density at radius 2 is 1.75 bits per heavy atom. The van der Waals surface area contributed by atoms with Crippen LogP contribution >= 0.6 is 0 Å². The van der Waals surface area contributed by atoms with Crippen LogP contribution in [0.5, 0.6) is 5.75 Å². The van der Waals surface area contributed by atoms with Gasteiger partial charge in [-0.15, -0.1) is 0 Å². The molecule has 0 unspecified atom stereocenters. The number of ether oxygens (including phenoxy) is 2. The van der Waals surface area contributed by atoms with Gasteiger partial charge in [0.15, 0.2) is 6.61 Å². The summed E-state index contributed by atoms with van der Waals surface area (Å²) in [4.78, 5) is 23.1. The molecule has 24 heavy (non-hydrogen) atoms. The lowest BCUT2D eigenvalue weighted by molar-refractivity contribution is -0.123. The van der Waals surface area contributed by atoms with E-state index in [9.17, 15) is 9.59 Å². The van der Waals surface area contributed by atoms with Gasteiger partial charge < -0.3 is 14.8 Å². The molecule has 0 saturated heterocycles. The average Bonchev–Trinajstić information content (AvgIpc) is 2.64. The number of hydrogen-bond donors (Lipinski definition) is 1. The van der Waals surface area contributed by atoms with E-state index >= 15 is 0 Å². The molecule has 2 rings (SSSR count). The normalized spacial score (nSPS) is 9.67. The van der Waals surface area contributed by atoms with Gasteiger partial charge in [0.2, 0.25) is 0 Å². The number of hydrogen-bond acceptors (Lipinski definition) is 5. The van der Waals surface area contributed by atoms with Crippen LogP contribution in [0.15, 0.2) is 48.5 Å². The van der Waals surface area contributed by atoms with Crippen LogP contribution in [0.1, 0.15) is 21.5 Å². The van der Waals surface area contributed by atoms with Crippen molar-refractivity contribution >= 4 is 11.9 Å². The molecule has 0 atom stereocenters. The van der Waals surface area contributed by atoms with Crippen molar-refractivity contribution in [2.24, 2.45) is 0 Å². The van der Waals surface area contributed by atoms with Crippen LogP contribution in [0.25, 0.3) is 0 Å². The Kier molecular flexibility index (Phi) is 5.92. The van der Waals surface area contributed by atoms with Crippen LogP contribution in [-0.4, -0.2) is 25.6 Å². The van der Waals surface area contributed by atoms with E-state index in [2.05, 4.69) is 10.1 Å². The predicted molar refractivity (Wildman–Crippen MR) is 86.3 cm³/mol. The summed E-state index contributed by atoms with van der Waals surface area (Å²) < 4.78 is 9.96. The fourth-order valence-electron chi connectivity index (χ4n) is 1.90. The molecule has 0 aliphatic rings. The molecule has 1 amide bonds. The van der Waals surface area contributed by atoms with E-state index in [-0.39, 0.29) is 12.5 Å². The maximum atomic E-state index is 11.8. The van der Waals surface area contributed by atoms with Gasteiger partial charge in [-0.3, -0.25) is 4.79 Å². The highest BCUT2D eigenvalue weighted by Crippen LogP contribution is 2.11. The van der Waals surface area contributed by atoms with E-state index in [0.29, 0.717) is 23.4 Å². The zero-order valence-corrected chi connectivity index (χ0v) is 13.1. The molecule has 0 saturated carbocycles. The van der Waals surface area contributed by atoms with Crippen molar-refractivity contribution in [1.82, 2.24) is 5.32 Å². The van der Waals surface area contributed by atoms with Gasteiger partial charge in [0.05, 0.1) is 24.3 Å². The van der Waals surface area contributed by atoms with Gasteiger partial charge in [-0.2, -0.15) is 5.26 Å². The molecule has 0 heterocycles. The minimum atomic E-state index is -0.401. The van der Waals surface area contributed by atoms with Crippen LogP contribution < -0.4 is 10.1 Å². The lowest BCUT2D eigenvalue weighted by Gasteiger charge is -2.08. The molecule has 0 radical (unpaired) electrons. The van der Waals surface area contributed by atoms with Crippen LogP contribution in [0.3, 0.4) is 0 Å². The Morgan fingerprint density at radius 3 is 2.33 bits per heavy atom. The Labute approximate surface area is 139 Å². The highest BCUT2D eigenvalue weighted by atomic mass is 16.5. The molecule has 6 nitrogen and oxygen atoms in total. The molecule has 122 valence electrons. The lowest BCUT2D eigenvalue weighted by Crippen LogP contribution is -2.28. The standard InChI is InChI=1S/C18H16N2O4/c1-23-18(22)15-6-2-14(3-7-15)11-20-17(21)12-24-16-8-4-13(10-19)5-9-16/h2-9H,11-12H2,1H3,(H,20,21). The number of benzene rings is 2. The van der Waals surface area contributed by atoms with Crippen LogP contribution in [0.2, 0.25) is 0 Å². The van der Waals surface area contributed by atoms with Crippen LogP contribution in [0, 0.1) is 11.3 Å². The van der Waals surface area contributed by atoms with E-state index < -0.39 is 5.97 Å². The van der Waals surface area contributed by atoms with Crippen molar-refractivity contribution in [1.29, 1.82) is 5.26 Å². The van der Waals surface area contributed by atoms with E-state index in [0.717, 1.165) is 5.56 Å². The maximum absolute atomic E-state index is 11.8. The third-order valence-electron chi connectivity index (χ3n) is 3.22. The number of nitrogens with zero attached hydrogens (tertiary/aromatic N) is 1. The van der Waals surface area contributed by atoms with Crippen molar-refractivity contribution < 1.29 is 19.1 Å². The first-order chi connectivity index (χ1) is 11.6. The molecule has 6 heteroatoms. The number of nitrogens with one attached hydrogen (secondary N) is 1. The van der Waals surface area contributed by atoms with Gasteiger partial charge in [0, 0.05) is 6.54 Å². The molecule has 0 aromatic heterocycles. The average molecular weight is 324 g/mol. The first-order valence-corrected chi connectivity index (χ1v) is 7.19. The van der Waals surface area contributed by atoms with E-state index in [1.54, 1.807) is 48.5 Å². The van der Waals surface area contributed by atoms with Crippen molar-refractivity contribution in [3.8, 4) is 11.8 Å². The first-order valence-electron chi connectivity index (χ1n) is 7.19. The number of carbonyl (C=O) groups is 2. The van der Waals surface area contributed by atoms with Crippen molar-refractivity contribution in [3.63, 3.8) is 0 Å². The minimum absolute atomic E-state index is 0.119. The fraction of sp³-hybridized carbons (Fsp3) is 0.167. The van der Waals surface area contributed by atoms with Gasteiger partial charge in [-0.25, -0.2) is 4.79 Å².